The number of aromatic nitrogens is 1. The summed E-state index contributed by atoms with van der Waals surface area (Å²) in [5.74, 6) is -0.434. The van der Waals surface area contributed by atoms with Crippen LogP contribution in [0.25, 0.3) is 20.8 Å². The van der Waals surface area contributed by atoms with Gasteiger partial charge in [0, 0.05) is 23.9 Å². The van der Waals surface area contributed by atoms with E-state index in [-0.39, 0.29) is 18.4 Å². The molecule has 0 aliphatic heterocycles. The molecule has 0 saturated carbocycles. The fourth-order valence-electron chi connectivity index (χ4n) is 2.98. The highest BCUT2D eigenvalue weighted by Crippen LogP contribution is 2.30. The lowest BCUT2D eigenvalue weighted by molar-refractivity contribution is -0.116. The number of nitrogens with zero attached hydrogens (tertiary/aromatic N) is 2. The van der Waals surface area contributed by atoms with Crippen LogP contribution in [0.2, 0.25) is 0 Å². The van der Waals surface area contributed by atoms with Gasteiger partial charge < -0.3 is 10.2 Å². The van der Waals surface area contributed by atoms with Crippen LogP contribution in [-0.4, -0.2) is 35.3 Å². The number of hydrogen-bond acceptors (Lipinski definition) is 4. The minimum atomic E-state index is -0.246. The summed E-state index contributed by atoms with van der Waals surface area (Å²) in [5, 5.41) is 3.78. The first-order valence-electron chi connectivity index (χ1n) is 9.16. The summed E-state index contributed by atoms with van der Waals surface area (Å²) in [6.45, 7) is -0.0205. The van der Waals surface area contributed by atoms with E-state index in [2.05, 4.69) is 16.4 Å². The first kappa shape index (κ1) is 18.8. The number of fused-ring (bicyclic) bond motifs is 1. The second kappa shape index (κ2) is 8.24. The van der Waals surface area contributed by atoms with Gasteiger partial charge in [-0.2, -0.15) is 0 Å². The summed E-state index contributed by atoms with van der Waals surface area (Å²) in [6.07, 6.45) is 0. The number of likely N-dealkylation sites (N-methyl/N-ethyl adjacent to an activating group) is 1. The predicted molar refractivity (Wildman–Crippen MR) is 117 cm³/mol. The van der Waals surface area contributed by atoms with E-state index in [1.54, 1.807) is 42.6 Å². The van der Waals surface area contributed by atoms with Gasteiger partial charge in [-0.15, -0.1) is 11.3 Å². The highest BCUT2D eigenvalue weighted by atomic mass is 32.1. The van der Waals surface area contributed by atoms with Crippen LogP contribution in [0, 0.1) is 0 Å². The van der Waals surface area contributed by atoms with Crippen LogP contribution in [0.4, 0.5) is 5.69 Å². The average Bonchev–Trinajstić information content (AvgIpc) is 3.18. The Kier molecular flexibility index (Phi) is 5.35. The van der Waals surface area contributed by atoms with Gasteiger partial charge >= 0.3 is 0 Å². The highest BCUT2D eigenvalue weighted by molar-refractivity contribution is 7.21. The molecule has 0 aliphatic rings. The Hall–Kier alpha value is -3.51. The minimum absolute atomic E-state index is 0.0205. The van der Waals surface area contributed by atoms with Crippen molar-refractivity contribution >= 4 is 39.1 Å². The fraction of sp³-hybridized carbons (Fsp3) is 0.0870. The maximum atomic E-state index is 12.3. The molecule has 3 aromatic carbocycles. The van der Waals surface area contributed by atoms with E-state index in [4.69, 9.17) is 0 Å². The Morgan fingerprint density at radius 2 is 1.62 bits per heavy atom. The molecule has 5 nitrogen and oxygen atoms in total. The first-order valence-corrected chi connectivity index (χ1v) is 9.98. The molecule has 0 saturated heterocycles. The molecule has 6 heteroatoms. The second-order valence-corrected chi connectivity index (χ2v) is 7.67. The lowest BCUT2D eigenvalue weighted by Gasteiger charge is -2.17. The van der Waals surface area contributed by atoms with E-state index in [1.807, 2.05) is 48.5 Å². The Morgan fingerprint density at radius 3 is 2.34 bits per heavy atom. The van der Waals surface area contributed by atoms with Gasteiger partial charge in [-0.3, -0.25) is 9.59 Å². The fourth-order valence-corrected chi connectivity index (χ4v) is 3.95. The van der Waals surface area contributed by atoms with Crippen molar-refractivity contribution in [2.75, 3.05) is 18.9 Å². The molecule has 4 aromatic rings. The molecule has 0 unspecified atom stereocenters. The van der Waals surface area contributed by atoms with Crippen molar-refractivity contribution in [1.82, 2.24) is 9.88 Å². The number of carbonyl (C=O) groups is 2. The van der Waals surface area contributed by atoms with E-state index in [9.17, 15) is 9.59 Å². The van der Waals surface area contributed by atoms with Gasteiger partial charge in [-0.05, 0) is 48.5 Å². The average molecular weight is 401 g/mol. The Bertz CT molecular complexity index is 1120. The van der Waals surface area contributed by atoms with Crippen molar-refractivity contribution in [2.24, 2.45) is 0 Å². The van der Waals surface area contributed by atoms with Crippen molar-refractivity contribution in [1.29, 1.82) is 0 Å². The number of carbonyl (C=O) groups excluding carboxylic acids is 2. The Balaban J connectivity index is 1.39. The van der Waals surface area contributed by atoms with Gasteiger partial charge in [0.15, 0.2) is 0 Å². The molecule has 1 N–H and O–H groups in total. The van der Waals surface area contributed by atoms with Gasteiger partial charge in [0.25, 0.3) is 5.91 Å². The van der Waals surface area contributed by atoms with E-state index in [0.717, 1.165) is 20.8 Å². The summed E-state index contributed by atoms with van der Waals surface area (Å²) in [5.41, 5.74) is 3.22. The third-order valence-corrected chi connectivity index (χ3v) is 5.54. The van der Waals surface area contributed by atoms with Gasteiger partial charge in [0.1, 0.15) is 5.01 Å². The third kappa shape index (κ3) is 4.33. The normalized spacial score (nSPS) is 10.7. The summed E-state index contributed by atoms with van der Waals surface area (Å²) in [4.78, 5) is 30.7. The highest BCUT2D eigenvalue weighted by Gasteiger charge is 2.15. The zero-order valence-electron chi connectivity index (χ0n) is 15.8. The van der Waals surface area contributed by atoms with Crippen LogP contribution < -0.4 is 5.32 Å². The molecular weight excluding hydrogens is 382 g/mol. The topological polar surface area (TPSA) is 62.3 Å². The number of rotatable bonds is 5. The van der Waals surface area contributed by atoms with Gasteiger partial charge in [-0.1, -0.05) is 30.3 Å². The van der Waals surface area contributed by atoms with Crippen LogP contribution in [-0.2, 0) is 4.79 Å². The lowest BCUT2D eigenvalue weighted by atomic mass is 10.2. The molecule has 0 fully saturated rings. The molecule has 0 spiro atoms. The smallest absolute Gasteiger partial charge is 0.254 e. The number of para-hydroxylation sites is 1. The largest absolute Gasteiger partial charge is 0.332 e. The number of anilines is 1. The number of thiazole rings is 1. The SMILES string of the molecule is CN(CC(=O)Nc1ccc(-c2nc3ccccc3s2)cc1)C(=O)c1ccccc1. The van der Waals surface area contributed by atoms with Crippen LogP contribution in [0.1, 0.15) is 10.4 Å². The molecule has 0 radical (unpaired) electrons. The van der Waals surface area contributed by atoms with Gasteiger partial charge in [-0.25, -0.2) is 4.98 Å². The van der Waals surface area contributed by atoms with Crippen molar-refractivity contribution < 1.29 is 9.59 Å². The summed E-state index contributed by atoms with van der Waals surface area (Å²) in [7, 11) is 1.62. The third-order valence-electron chi connectivity index (χ3n) is 4.46. The Labute approximate surface area is 172 Å². The Morgan fingerprint density at radius 1 is 0.931 bits per heavy atom. The molecule has 0 bridgehead atoms. The summed E-state index contributed by atoms with van der Waals surface area (Å²) in [6, 6.07) is 24.5. The van der Waals surface area contributed by atoms with E-state index < -0.39 is 0 Å². The van der Waals surface area contributed by atoms with Crippen molar-refractivity contribution in [2.45, 2.75) is 0 Å². The zero-order valence-corrected chi connectivity index (χ0v) is 16.6. The zero-order chi connectivity index (χ0) is 20.2. The van der Waals surface area contributed by atoms with Crippen molar-refractivity contribution in [3.63, 3.8) is 0 Å². The molecule has 29 heavy (non-hydrogen) atoms. The van der Waals surface area contributed by atoms with Gasteiger partial charge in [0.2, 0.25) is 5.91 Å². The number of nitrogens with one attached hydrogen (secondary N) is 1. The maximum Gasteiger partial charge on any atom is 0.254 e. The van der Waals surface area contributed by atoms with Crippen molar-refractivity contribution in [3.05, 3.63) is 84.4 Å². The second-order valence-electron chi connectivity index (χ2n) is 6.64. The van der Waals surface area contributed by atoms with E-state index in [0.29, 0.717) is 11.3 Å². The monoisotopic (exact) mass is 401 g/mol. The molecule has 1 aromatic heterocycles. The van der Waals surface area contributed by atoms with Crippen molar-refractivity contribution in [3.8, 4) is 10.6 Å². The minimum Gasteiger partial charge on any atom is -0.332 e. The molecular formula is C23H19N3O2S. The summed E-state index contributed by atoms with van der Waals surface area (Å²) >= 11 is 1.64. The van der Waals surface area contributed by atoms with E-state index >= 15 is 0 Å². The van der Waals surface area contributed by atoms with Crippen LogP contribution in [0.5, 0.6) is 0 Å². The number of benzene rings is 3. The standard InChI is InChI=1S/C23H19N3O2S/c1-26(23(28)17-7-3-2-4-8-17)15-21(27)24-18-13-11-16(12-14-18)22-25-19-9-5-6-10-20(19)29-22/h2-14H,15H2,1H3,(H,24,27). The van der Waals surface area contributed by atoms with Crippen LogP contribution >= 0.6 is 11.3 Å². The quantitative estimate of drug-likeness (QED) is 0.528. The van der Waals surface area contributed by atoms with Crippen LogP contribution in [0.3, 0.4) is 0 Å². The van der Waals surface area contributed by atoms with E-state index in [1.165, 1.54) is 4.90 Å². The molecule has 2 amide bonds. The van der Waals surface area contributed by atoms with Gasteiger partial charge in [0.05, 0.1) is 16.8 Å². The predicted octanol–water partition coefficient (Wildman–Crippen LogP) is 4.67. The molecule has 144 valence electrons. The molecule has 0 atom stereocenters. The molecule has 0 aliphatic carbocycles. The van der Waals surface area contributed by atoms with Crippen LogP contribution in [0.15, 0.2) is 78.9 Å². The number of hydrogen-bond donors (Lipinski definition) is 1. The summed E-state index contributed by atoms with van der Waals surface area (Å²) < 4.78 is 1.14. The first-order chi connectivity index (χ1) is 14.1. The molecule has 1 heterocycles. The molecule has 4 rings (SSSR count). The maximum absolute atomic E-state index is 12.3. The lowest BCUT2D eigenvalue weighted by Crippen LogP contribution is -2.34. The number of amides is 2.